The summed E-state index contributed by atoms with van der Waals surface area (Å²) in [5.74, 6) is -0.221. The normalized spacial score (nSPS) is 15.5. The molecular formula is C22H22N2O4. The van der Waals surface area contributed by atoms with E-state index in [1.807, 2.05) is 26.8 Å². The van der Waals surface area contributed by atoms with Crippen molar-refractivity contribution >= 4 is 5.97 Å². The van der Waals surface area contributed by atoms with Crippen LogP contribution in [-0.2, 0) is 16.1 Å². The van der Waals surface area contributed by atoms with Crippen LogP contribution in [0.3, 0.4) is 0 Å². The first-order chi connectivity index (χ1) is 13.2. The lowest BCUT2D eigenvalue weighted by molar-refractivity contribution is -0.142. The number of hydrogen-bond donors (Lipinski definition) is 2. The molecule has 0 bridgehead atoms. The van der Waals surface area contributed by atoms with Crippen LogP contribution in [0.1, 0.15) is 46.2 Å². The lowest BCUT2D eigenvalue weighted by Crippen LogP contribution is -2.22. The number of benzene rings is 2. The third-order valence-corrected chi connectivity index (χ3v) is 5.10. The average Bonchev–Trinajstić information content (AvgIpc) is 2.61. The Bertz CT molecular complexity index is 1050. The number of carbonyl (C=O) groups excluding carboxylic acids is 1. The molecule has 0 saturated heterocycles. The lowest BCUT2D eigenvalue weighted by Gasteiger charge is -2.30. The van der Waals surface area contributed by atoms with E-state index in [1.165, 1.54) is 13.0 Å². The maximum atomic E-state index is 11.3. The number of nitrogens with two attached hydrogens (primary N) is 1. The van der Waals surface area contributed by atoms with Gasteiger partial charge in [0.2, 0.25) is 5.88 Å². The van der Waals surface area contributed by atoms with Gasteiger partial charge >= 0.3 is 5.97 Å². The SMILES string of the molecule is CC(=O)OCc1c(C)cc(C)c(C2C(C#N)=C(N)Oc3ccc(O)cc32)c1C. The number of ether oxygens (including phenoxy) is 2. The van der Waals surface area contributed by atoms with E-state index in [0.29, 0.717) is 11.3 Å². The van der Waals surface area contributed by atoms with E-state index in [2.05, 4.69) is 6.07 Å². The van der Waals surface area contributed by atoms with Gasteiger partial charge in [0, 0.05) is 12.5 Å². The van der Waals surface area contributed by atoms with E-state index >= 15 is 0 Å². The quantitative estimate of drug-likeness (QED) is 0.791. The third kappa shape index (κ3) is 3.27. The van der Waals surface area contributed by atoms with Gasteiger partial charge in [-0.3, -0.25) is 4.79 Å². The van der Waals surface area contributed by atoms with E-state index in [0.717, 1.165) is 27.8 Å². The van der Waals surface area contributed by atoms with Crippen LogP contribution >= 0.6 is 0 Å². The van der Waals surface area contributed by atoms with Crippen molar-refractivity contribution in [1.29, 1.82) is 5.26 Å². The Morgan fingerprint density at radius 1 is 1.29 bits per heavy atom. The van der Waals surface area contributed by atoms with Gasteiger partial charge in [0.25, 0.3) is 0 Å². The predicted octanol–water partition coefficient (Wildman–Crippen LogP) is 3.60. The molecule has 0 aromatic heterocycles. The molecule has 2 aromatic carbocycles. The molecule has 0 radical (unpaired) electrons. The molecule has 2 aromatic rings. The monoisotopic (exact) mass is 378 g/mol. The minimum absolute atomic E-state index is 0.0478. The first-order valence-corrected chi connectivity index (χ1v) is 8.88. The number of allylic oxidation sites excluding steroid dienone is 1. The molecular weight excluding hydrogens is 356 g/mol. The molecule has 0 aliphatic carbocycles. The fourth-order valence-electron chi connectivity index (χ4n) is 3.83. The molecule has 0 amide bonds. The molecule has 1 unspecified atom stereocenters. The lowest BCUT2D eigenvalue weighted by atomic mass is 9.77. The van der Waals surface area contributed by atoms with Crippen LogP contribution in [0.25, 0.3) is 0 Å². The summed E-state index contributed by atoms with van der Waals surface area (Å²) in [4.78, 5) is 11.3. The van der Waals surface area contributed by atoms with Crippen molar-refractivity contribution in [3.63, 3.8) is 0 Å². The Morgan fingerprint density at radius 2 is 2.00 bits per heavy atom. The summed E-state index contributed by atoms with van der Waals surface area (Å²) >= 11 is 0. The molecule has 0 spiro atoms. The van der Waals surface area contributed by atoms with Crippen molar-refractivity contribution in [2.24, 2.45) is 5.73 Å². The maximum absolute atomic E-state index is 11.3. The predicted molar refractivity (Wildman–Crippen MR) is 104 cm³/mol. The highest BCUT2D eigenvalue weighted by Crippen LogP contribution is 2.46. The van der Waals surface area contributed by atoms with E-state index in [9.17, 15) is 15.2 Å². The molecule has 6 nitrogen and oxygen atoms in total. The number of hydrogen-bond acceptors (Lipinski definition) is 6. The van der Waals surface area contributed by atoms with Gasteiger partial charge in [-0.05, 0) is 66.8 Å². The Morgan fingerprint density at radius 3 is 2.64 bits per heavy atom. The zero-order valence-corrected chi connectivity index (χ0v) is 16.3. The number of esters is 1. The minimum atomic E-state index is -0.488. The number of nitrogens with zero attached hydrogens (tertiary/aromatic N) is 1. The van der Waals surface area contributed by atoms with Crippen LogP contribution < -0.4 is 10.5 Å². The zero-order valence-electron chi connectivity index (χ0n) is 16.3. The van der Waals surface area contributed by atoms with Crippen LogP contribution in [0.2, 0.25) is 0 Å². The van der Waals surface area contributed by atoms with Gasteiger partial charge in [0.05, 0.1) is 5.92 Å². The number of nitriles is 1. The highest BCUT2D eigenvalue weighted by atomic mass is 16.5. The molecule has 3 N–H and O–H groups in total. The molecule has 6 heteroatoms. The van der Waals surface area contributed by atoms with E-state index in [-0.39, 0.29) is 29.8 Å². The number of aromatic hydroxyl groups is 1. The standard InChI is InChI=1S/C22H22N2O4/c1-11-7-12(2)20(13(3)18(11)10-27-14(4)25)21-16-8-15(26)5-6-19(16)28-22(24)17(21)9-23/h5-8,21,26H,10,24H2,1-4H3. The molecule has 144 valence electrons. The van der Waals surface area contributed by atoms with Crippen molar-refractivity contribution in [1.82, 2.24) is 0 Å². The van der Waals surface area contributed by atoms with Gasteiger partial charge in [-0.2, -0.15) is 5.26 Å². The van der Waals surface area contributed by atoms with E-state index in [1.54, 1.807) is 12.1 Å². The number of phenolic OH excluding ortho intramolecular Hbond substituents is 1. The highest BCUT2D eigenvalue weighted by Gasteiger charge is 2.33. The summed E-state index contributed by atoms with van der Waals surface area (Å²) < 4.78 is 10.8. The molecule has 0 fully saturated rings. The zero-order chi connectivity index (χ0) is 20.6. The second kappa shape index (κ2) is 7.28. The van der Waals surface area contributed by atoms with E-state index < -0.39 is 5.92 Å². The smallest absolute Gasteiger partial charge is 0.302 e. The van der Waals surface area contributed by atoms with Crippen LogP contribution in [0, 0.1) is 32.1 Å². The molecule has 1 aliphatic rings. The van der Waals surface area contributed by atoms with E-state index in [4.69, 9.17) is 15.2 Å². The fraction of sp³-hybridized carbons (Fsp3) is 0.273. The highest BCUT2D eigenvalue weighted by molar-refractivity contribution is 5.66. The Kier molecular flexibility index (Phi) is 5.02. The van der Waals surface area contributed by atoms with Gasteiger partial charge in [0.15, 0.2) is 0 Å². The summed E-state index contributed by atoms with van der Waals surface area (Å²) in [6.45, 7) is 7.39. The number of rotatable bonds is 3. The largest absolute Gasteiger partial charge is 0.508 e. The molecule has 1 atom stereocenters. The molecule has 1 heterocycles. The number of carbonyl (C=O) groups is 1. The number of aryl methyl sites for hydroxylation is 2. The van der Waals surface area contributed by atoms with Crippen LogP contribution in [0.4, 0.5) is 0 Å². The summed E-state index contributed by atoms with van der Waals surface area (Å²) in [5.41, 5.74) is 11.7. The molecule has 3 rings (SSSR count). The summed E-state index contributed by atoms with van der Waals surface area (Å²) in [5, 5.41) is 19.8. The van der Waals surface area contributed by atoms with Crippen molar-refractivity contribution < 1.29 is 19.4 Å². The third-order valence-electron chi connectivity index (χ3n) is 5.10. The topological polar surface area (TPSA) is 106 Å². The van der Waals surface area contributed by atoms with Crippen molar-refractivity contribution in [3.8, 4) is 17.6 Å². The van der Waals surface area contributed by atoms with Crippen LogP contribution in [-0.4, -0.2) is 11.1 Å². The Balaban J connectivity index is 2.27. The molecule has 0 saturated carbocycles. The minimum Gasteiger partial charge on any atom is -0.508 e. The second-order valence-corrected chi connectivity index (χ2v) is 6.95. The van der Waals surface area contributed by atoms with Crippen LogP contribution in [0.5, 0.6) is 11.5 Å². The average molecular weight is 378 g/mol. The molecule has 1 aliphatic heterocycles. The Labute approximate surface area is 163 Å². The van der Waals surface area contributed by atoms with Gasteiger partial charge < -0.3 is 20.3 Å². The first kappa shape index (κ1) is 19.3. The second-order valence-electron chi connectivity index (χ2n) is 6.95. The van der Waals surface area contributed by atoms with Gasteiger partial charge in [-0.15, -0.1) is 0 Å². The number of phenols is 1. The molecule has 28 heavy (non-hydrogen) atoms. The van der Waals surface area contributed by atoms with Gasteiger partial charge in [0.1, 0.15) is 29.7 Å². The maximum Gasteiger partial charge on any atom is 0.302 e. The summed E-state index contributed by atoms with van der Waals surface area (Å²) in [6, 6.07) is 8.91. The van der Waals surface area contributed by atoms with Crippen molar-refractivity contribution in [3.05, 3.63) is 69.1 Å². The summed E-state index contributed by atoms with van der Waals surface area (Å²) in [7, 11) is 0. The fourth-order valence-corrected chi connectivity index (χ4v) is 3.83. The first-order valence-electron chi connectivity index (χ1n) is 8.88. The summed E-state index contributed by atoms with van der Waals surface area (Å²) in [6.07, 6.45) is 0. The van der Waals surface area contributed by atoms with Crippen molar-refractivity contribution in [2.75, 3.05) is 0 Å². The Hall–Kier alpha value is -3.46. The van der Waals surface area contributed by atoms with Crippen molar-refractivity contribution in [2.45, 2.75) is 40.2 Å². The van der Waals surface area contributed by atoms with Crippen LogP contribution in [0.15, 0.2) is 35.7 Å². The van der Waals surface area contributed by atoms with Gasteiger partial charge in [-0.1, -0.05) is 6.07 Å². The van der Waals surface area contributed by atoms with Gasteiger partial charge in [-0.25, -0.2) is 0 Å². The number of fused-ring (bicyclic) bond motifs is 1.